The molecule has 0 aliphatic carbocycles. The number of hydrogen-bond acceptors (Lipinski definition) is 3. The van der Waals surface area contributed by atoms with Gasteiger partial charge in [0.25, 0.3) is 0 Å². The van der Waals surface area contributed by atoms with E-state index in [2.05, 4.69) is 10.6 Å². The summed E-state index contributed by atoms with van der Waals surface area (Å²) in [5, 5.41) is 15.0. The molecule has 13 heavy (non-hydrogen) atoms. The van der Waals surface area contributed by atoms with Crippen LogP contribution in [0.4, 0.5) is 0 Å². The molecule has 1 amide bonds. The molecule has 1 fully saturated rings. The van der Waals surface area contributed by atoms with Crippen molar-refractivity contribution in [2.45, 2.75) is 44.9 Å². The molecule has 1 rings (SSSR count). The third-order valence-electron chi connectivity index (χ3n) is 1.92. The van der Waals surface area contributed by atoms with E-state index in [0.717, 1.165) is 0 Å². The molecule has 0 aromatic carbocycles. The highest BCUT2D eigenvalue weighted by Gasteiger charge is 2.29. The zero-order chi connectivity index (χ0) is 10.1. The van der Waals surface area contributed by atoms with Crippen LogP contribution in [-0.4, -0.2) is 35.2 Å². The van der Waals surface area contributed by atoms with Gasteiger partial charge in [0.2, 0.25) is 5.91 Å². The van der Waals surface area contributed by atoms with Gasteiger partial charge >= 0.3 is 0 Å². The highest BCUT2D eigenvalue weighted by atomic mass is 16.3. The number of carbonyl (C=O) groups is 1. The SMILES string of the molecule is CC(C)(C)NC(=O)C1CC(O)CN1. The fraction of sp³-hybridized carbons (Fsp3) is 0.889. The lowest BCUT2D eigenvalue weighted by molar-refractivity contribution is -0.124. The molecular weight excluding hydrogens is 168 g/mol. The molecule has 0 spiro atoms. The van der Waals surface area contributed by atoms with Gasteiger partial charge in [-0.1, -0.05) is 0 Å². The van der Waals surface area contributed by atoms with Crippen molar-refractivity contribution in [3.8, 4) is 0 Å². The third-order valence-corrected chi connectivity index (χ3v) is 1.92. The Morgan fingerprint density at radius 1 is 1.54 bits per heavy atom. The minimum atomic E-state index is -0.379. The van der Waals surface area contributed by atoms with Crippen LogP contribution in [0.25, 0.3) is 0 Å². The quantitative estimate of drug-likeness (QED) is 0.523. The van der Waals surface area contributed by atoms with Gasteiger partial charge in [0.1, 0.15) is 0 Å². The number of aliphatic hydroxyl groups is 1. The highest BCUT2D eigenvalue weighted by Crippen LogP contribution is 2.08. The van der Waals surface area contributed by atoms with Crippen LogP contribution >= 0.6 is 0 Å². The minimum Gasteiger partial charge on any atom is -0.392 e. The lowest BCUT2D eigenvalue weighted by atomic mass is 10.1. The Morgan fingerprint density at radius 2 is 2.15 bits per heavy atom. The van der Waals surface area contributed by atoms with Crippen LogP contribution in [0.3, 0.4) is 0 Å². The van der Waals surface area contributed by atoms with E-state index in [0.29, 0.717) is 13.0 Å². The molecule has 4 nitrogen and oxygen atoms in total. The van der Waals surface area contributed by atoms with Crippen molar-refractivity contribution >= 4 is 5.91 Å². The molecule has 1 aliphatic heterocycles. The first-order chi connectivity index (χ1) is 5.88. The Kier molecular flexibility index (Phi) is 2.93. The molecule has 2 atom stereocenters. The van der Waals surface area contributed by atoms with Crippen molar-refractivity contribution in [2.24, 2.45) is 0 Å². The maximum atomic E-state index is 11.5. The molecular formula is C9H18N2O2. The maximum absolute atomic E-state index is 11.5. The van der Waals surface area contributed by atoms with E-state index in [9.17, 15) is 9.90 Å². The first kappa shape index (κ1) is 10.5. The van der Waals surface area contributed by atoms with Crippen LogP contribution in [0.1, 0.15) is 27.2 Å². The van der Waals surface area contributed by atoms with Crippen LogP contribution in [0, 0.1) is 0 Å². The predicted molar refractivity (Wildman–Crippen MR) is 50.3 cm³/mol. The number of nitrogens with one attached hydrogen (secondary N) is 2. The summed E-state index contributed by atoms with van der Waals surface area (Å²) >= 11 is 0. The summed E-state index contributed by atoms with van der Waals surface area (Å²) in [6.45, 7) is 6.34. The lowest BCUT2D eigenvalue weighted by Crippen LogP contribution is -2.48. The summed E-state index contributed by atoms with van der Waals surface area (Å²) in [6.07, 6.45) is 0.137. The van der Waals surface area contributed by atoms with Gasteiger partial charge in [0.05, 0.1) is 12.1 Å². The van der Waals surface area contributed by atoms with E-state index >= 15 is 0 Å². The van der Waals surface area contributed by atoms with Gasteiger partial charge in [-0.15, -0.1) is 0 Å². The van der Waals surface area contributed by atoms with Crippen molar-refractivity contribution in [1.29, 1.82) is 0 Å². The summed E-state index contributed by atoms with van der Waals surface area (Å²) in [7, 11) is 0. The fourth-order valence-corrected chi connectivity index (χ4v) is 1.37. The molecule has 1 heterocycles. The topological polar surface area (TPSA) is 61.4 Å². The molecule has 0 aromatic heterocycles. The number of rotatable bonds is 1. The van der Waals surface area contributed by atoms with E-state index in [1.54, 1.807) is 0 Å². The number of hydrogen-bond donors (Lipinski definition) is 3. The Bertz CT molecular complexity index is 198. The molecule has 1 saturated heterocycles. The molecule has 0 saturated carbocycles. The summed E-state index contributed by atoms with van der Waals surface area (Å²) in [4.78, 5) is 11.5. The Balaban J connectivity index is 2.41. The Hall–Kier alpha value is -0.610. The van der Waals surface area contributed by atoms with Gasteiger partial charge in [-0.05, 0) is 27.2 Å². The van der Waals surface area contributed by atoms with E-state index in [1.165, 1.54) is 0 Å². The van der Waals surface area contributed by atoms with Gasteiger partial charge in [0.15, 0.2) is 0 Å². The second-order valence-corrected chi connectivity index (χ2v) is 4.59. The van der Waals surface area contributed by atoms with Crippen LogP contribution < -0.4 is 10.6 Å². The van der Waals surface area contributed by atoms with Crippen LogP contribution in [0.5, 0.6) is 0 Å². The Labute approximate surface area is 78.7 Å². The van der Waals surface area contributed by atoms with E-state index in [-0.39, 0.29) is 23.6 Å². The summed E-state index contributed by atoms with van der Waals surface area (Å²) in [5.74, 6) is -0.0240. The van der Waals surface area contributed by atoms with Crippen molar-refractivity contribution in [2.75, 3.05) is 6.54 Å². The van der Waals surface area contributed by atoms with Crippen molar-refractivity contribution in [3.05, 3.63) is 0 Å². The molecule has 4 heteroatoms. The van der Waals surface area contributed by atoms with E-state index in [1.807, 2.05) is 20.8 Å². The van der Waals surface area contributed by atoms with Gasteiger partial charge < -0.3 is 15.7 Å². The summed E-state index contributed by atoms with van der Waals surface area (Å²) < 4.78 is 0. The van der Waals surface area contributed by atoms with Gasteiger partial charge in [-0.2, -0.15) is 0 Å². The van der Waals surface area contributed by atoms with Crippen molar-refractivity contribution < 1.29 is 9.90 Å². The standard InChI is InChI=1S/C9H18N2O2/c1-9(2,3)11-8(13)7-4-6(12)5-10-7/h6-7,10,12H,4-5H2,1-3H3,(H,11,13). The monoisotopic (exact) mass is 186 g/mol. The average Bonchev–Trinajstić information content (AvgIpc) is 2.31. The molecule has 3 N–H and O–H groups in total. The smallest absolute Gasteiger partial charge is 0.237 e. The molecule has 0 aromatic rings. The number of aliphatic hydroxyl groups excluding tert-OH is 1. The van der Waals surface area contributed by atoms with Crippen LogP contribution in [-0.2, 0) is 4.79 Å². The second-order valence-electron chi connectivity index (χ2n) is 4.59. The number of amides is 1. The average molecular weight is 186 g/mol. The zero-order valence-corrected chi connectivity index (χ0v) is 8.42. The first-order valence-electron chi connectivity index (χ1n) is 4.62. The minimum absolute atomic E-state index is 0.0240. The highest BCUT2D eigenvalue weighted by molar-refractivity contribution is 5.82. The predicted octanol–water partition coefficient (Wildman–Crippen LogP) is -0.376. The van der Waals surface area contributed by atoms with Gasteiger partial charge in [-0.3, -0.25) is 4.79 Å². The van der Waals surface area contributed by atoms with Gasteiger partial charge in [-0.25, -0.2) is 0 Å². The largest absolute Gasteiger partial charge is 0.392 e. The lowest BCUT2D eigenvalue weighted by Gasteiger charge is -2.22. The van der Waals surface area contributed by atoms with Crippen LogP contribution in [0.2, 0.25) is 0 Å². The summed E-state index contributed by atoms with van der Waals surface area (Å²) in [5.41, 5.74) is -0.202. The first-order valence-corrected chi connectivity index (χ1v) is 4.62. The number of β-amino-alcohol motifs (C(OH)–C–C–N with tert-alkyl or cyclic N) is 1. The molecule has 76 valence electrons. The fourth-order valence-electron chi connectivity index (χ4n) is 1.37. The molecule has 2 unspecified atom stereocenters. The molecule has 1 aliphatic rings. The summed E-state index contributed by atoms with van der Waals surface area (Å²) in [6, 6.07) is -0.228. The maximum Gasteiger partial charge on any atom is 0.237 e. The zero-order valence-electron chi connectivity index (χ0n) is 8.42. The van der Waals surface area contributed by atoms with Crippen molar-refractivity contribution in [1.82, 2.24) is 10.6 Å². The van der Waals surface area contributed by atoms with Crippen molar-refractivity contribution in [3.63, 3.8) is 0 Å². The van der Waals surface area contributed by atoms with Gasteiger partial charge in [0, 0.05) is 12.1 Å². The number of carbonyl (C=O) groups excluding carboxylic acids is 1. The molecule has 0 bridgehead atoms. The second kappa shape index (κ2) is 3.64. The normalized spacial score (nSPS) is 28.9. The van der Waals surface area contributed by atoms with E-state index in [4.69, 9.17) is 0 Å². The Morgan fingerprint density at radius 3 is 2.54 bits per heavy atom. The third kappa shape index (κ3) is 3.32. The van der Waals surface area contributed by atoms with Crippen LogP contribution in [0.15, 0.2) is 0 Å². The van der Waals surface area contributed by atoms with E-state index < -0.39 is 0 Å². The molecule has 0 radical (unpaired) electrons.